The van der Waals surface area contributed by atoms with Crippen LogP contribution in [0.15, 0.2) is 18.2 Å². The molecule has 0 heterocycles. The Morgan fingerprint density at radius 1 is 1.29 bits per heavy atom. The molecule has 3 nitrogen and oxygen atoms in total. The van der Waals surface area contributed by atoms with E-state index in [9.17, 15) is 13.6 Å². The molecule has 0 saturated heterocycles. The van der Waals surface area contributed by atoms with E-state index in [1.54, 1.807) is 0 Å². The van der Waals surface area contributed by atoms with Gasteiger partial charge >= 0.3 is 5.97 Å². The lowest BCUT2D eigenvalue weighted by Crippen LogP contribution is -2.42. The van der Waals surface area contributed by atoms with Crippen molar-refractivity contribution < 1.29 is 23.1 Å². The van der Waals surface area contributed by atoms with Crippen LogP contribution >= 0.6 is 0 Å². The monoisotopic (exact) mass is 316 g/mol. The van der Waals surface area contributed by atoms with Crippen molar-refractivity contribution >= 4 is 14.3 Å². The summed E-state index contributed by atoms with van der Waals surface area (Å²) in [5, 5.41) is 8.93. The Morgan fingerprint density at radius 2 is 1.86 bits per heavy atom. The SMILES string of the molecule is CC(C)(C)[Si](C)(C)OC(CC(=O)O)c1ccc(F)c(F)c1. The van der Waals surface area contributed by atoms with Crippen molar-refractivity contribution in [2.45, 2.75) is 51.4 Å². The predicted octanol–water partition coefficient (Wildman–Crippen LogP) is 4.50. The van der Waals surface area contributed by atoms with Crippen LogP contribution in [0.2, 0.25) is 18.1 Å². The van der Waals surface area contributed by atoms with Crippen molar-refractivity contribution in [2.24, 2.45) is 0 Å². The van der Waals surface area contributed by atoms with Gasteiger partial charge in [-0.05, 0) is 35.8 Å². The first-order valence-electron chi connectivity index (χ1n) is 6.78. The zero-order valence-corrected chi connectivity index (χ0v) is 14.0. The number of aliphatic carboxylic acids is 1. The highest BCUT2D eigenvalue weighted by Crippen LogP contribution is 2.40. The summed E-state index contributed by atoms with van der Waals surface area (Å²) in [6, 6.07) is 3.38. The van der Waals surface area contributed by atoms with Crippen LogP contribution in [0.3, 0.4) is 0 Å². The molecule has 0 radical (unpaired) electrons. The van der Waals surface area contributed by atoms with Gasteiger partial charge in [0.2, 0.25) is 0 Å². The van der Waals surface area contributed by atoms with Crippen LogP contribution in [0.25, 0.3) is 0 Å². The molecule has 0 aliphatic rings. The molecule has 1 aromatic carbocycles. The van der Waals surface area contributed by atoms with Crippen LogP contribution < -0.4 is 0 Å². The fraction of sp³-hybridized carbons (Fsp3) is 0.533. The fourth-order valence-corrected chi connectivity index (χ4v) is 2.92. The third-order valence-corrected chi connectivity index (χ3v) is 8.40. The van der Waals surface area contributed by atoms with Gasteiger partial charge in [-0.25, -0.2) is 8.78 Å². The van der Waals surface area contributed by atoms with Crippen LogP contribution in [0, 0.1) is 11.6 Å². The summed E-state index contributed by atoms with van der Waals surface area (Å²) in [5.41, 5.74) is 0.348. The number of hydrogen-bond donors (Lipinski definition) is 1. The molecule has 1 unspecified atom stereocenters. The van der Waals surface area contributed by atoms with E-state index in [0.717, 1.165) is 12.1 Å². The molecular formula is C15H22F2O3Si. The number of rotatable bonds is 5. The zero-order valence-electron chi connectivity index (χ0n) is 13.0. The second kappa shape index (κ2) is 6.23. The third-order valence-electron chi connectivity index (χ3n) is 3.92. The summed E-state index contributed by atoms with van der Waals surface area (Å²) < 4.78 is 32.5. The minimum Gasteiger partial charge on any atom is -0.481 e. The number of carboxylic acid groups (broad SMARTS) is 1. The Hall–Kier alpha value is -1.27. The van der Waals surface area contributed by atoms with Crippen LogP contribution in [0.1, 0.15) is 38.9 Å². The van der Waals surface area contributed by atoms with Gasteiger partial charge in [-0.1, -0.05) is 26.8 Å². The van der Waals surface area contributed by atoms with E-state index < -0.39 is 32.0 Å². The molecule has 1 rings (SSSR count). The lowest BCUT2D eigenvalue weighted by Gasteiger charge is -2.39. The van der Waals surface area contributed by atoms with Crippen LogP contribution in [0.4, 0.5) is 8.78 Å². The summed E-state index contributed by atoms with van der Waals surface area (Å²) in [6.07, 6.45) is -1.06. The van der Waals surface area contributed by atoms with E-state index in [1.807, 2.05) is 33.9 Å². The molecule has 0 fully saturated rings. The van der Waals surface area contributed by atoms with Crippen LogP contribution in [-0.4, -0.2) is 19.4 Å². The summed E-state index contributed by atoms with van der Waals surface area (Å²) in [5.74, 6) is -3.00. The molecule has 0 aromatic heterocycles. The summed E-state index contributed by atoms with van der Waals surface area (Å²) in [7, 11) is -2.23. The first kappa shape index (κ1) is 17.8. The molecule has 0 aliphatic heterocycles. The predicted molar refractivity (Wildman–Crippen MR) is 79.6 cm³/mol. The summed E-state index contributed by atoms with van der Waals surface area (Å²) >= 11 is 0. The van der Waals surface area contributed by atoms with E-state index in [2.05, 4.69) is 0 Å². The maximum absolute atomic E-state index is 13.4. The molecule has 1 atom stereocenters. The maximum atomic E-state index is 13.4. The standard InChI is InChI=1S/C15H22F2O3Si/c1-15(2,3)21(4,5)20-13(9-14(18)19)10-6-7-11(16)12(17)8-10/h6-8,13H,9H2,1-5H3,(H,18,19). The molecule has 0 aliphatic carbocycles. The van der Waals surface area contributed by atoms with Crippen LogP contribution in [-0.2, 0) is 9.22 Å². The van der Waals surface area contributed by atoms with E-state index in [-0.39, 0.29) is 11.5 Å². The Bertz CT molecular complexity index is 524. The minimum absolute atomic E-state index is 0.109. The number of carbonyl (C=O) groups is 1. The molecule has 0 spiro atoms. The number of hydrogen-bond acceptors (Lipinski definition) is 2. The van der Waals surface area contributed by atoms with Gasteiger partial charge in [-0.2, -0.15) is 0 Å². The maximum Gasteiger partial charge on any atom is 0.306 e. The molecule has 21 heavy (non-hydrogen) atoms. The average molecular weight is 316 g/mol. The van der Waals surface area contributed by atoms with Gasteiger partial charge in [0, 0.05) is 0 Å². The lowest BCUT2D eigenvalue weighted by molar-refractivity contribution is -0.139. The van der Waals surface area contributed by atoms with E-state index in [4.69, 9.17) is 9.53 Å². The normalized spacial score (nSPS) is 14.0. The van der Waals surface area contributed by atoms with Crippen molar-refractivity contribution in [1.82, 2.24) is 0 Å². The molecular weight excluding hydrogens is 294 g/mol. The summed E-state index contributed by atoms with van der Waals surface area (Å²) in [6.45, 7) is 10.1. The second-order valence-corrected chi connectivity index (χ2v) is 11.4. The quantitative estimate of drug-likeness (QED) is 0.813. The highest BCUT2D eigenvalue weighted by atomic mass is 28.4. The number of benzene rings is 1. The second-order valence-electron chi connectivity index (χ2n) is 6.64. The van der Waals surface area contributed by atoms with Gasteiger partial charge in [-0.3, -0.25) is 4.79 Å². The van der Waals surface area contributed by atoms with E-state index in [1.165, 1.54) is 6.07 Å². The van der Waals surface area contributed by atoms with Gasteiger partial charge in [0.05, 0.1) is 12.5 Å². The van der Waals surface area contributed by atoms with Crippen molar-refractivity contribution in [2.75, 3.05) is 0 Å². The molecule has 0 bridgehead atoms. The molecule has 6 heteroatoms. The number of halogens is 2. The Kier molecular flexibility index (Phi) is 5.28. The highest BCUT2D eigenvalue weighted by Gasteiger charge is 2.40. The molecule has 1 N–H and O–H groups in total. The van der Waals surface area contributed by atoms with Crippen LogP contribution in [0.5, 0.6) is 0 Å². The van der Waals surface area contributed by atoms with E-state index >= 15 is 0 Å². The van der Waals surface area contributed by atoms with Gasteiger partial charge < -0.3 is 9.53 Å². The lowest BCUT2D eigenvalue weighted by atomic mass is 10.1. The van der Waals surface area contributed by atoms with Crippen molar-refractivity contribution in [3.8, 4) is 0 Å². The Labute approximate surface area is 125 Å². The largest absolute Gasteiger partial charge is 0.481 e. The molecule has 0 amide bonds. The molecule has 118 valence electrons. The van der Waals surface area contributed by atoms with Gasteiger partial charge in [0.1, 0.15) is 0 Å². The van der Waals surface area contributed by atoms with Crippen molar-refractivity contribution in [1.29, 1.82) is 0 Å². The fourth-order valence-electron chi connectivity index (χ4n) is 1.63. The smallest absolute Gasteiger partial charge is 0.306 e. The number of carboxylic acids is 1. The average Bonchev–Trinajstić information content (AvgIpc) is 2.29. The van der Waals surface area contributed by atoms with Gasteiger partial charge in [0.15, 0.2) is 20.0 Å². The molecule has 0 saturated carbocycles. The highest BCUT2D eigenvalue weighted by molar-refractivity contribution is 6.74. The Balaban J connectivity index is 3.11. The first-order chi connectivity index (χ1) is 9.44. The topological polar surface area (TPSA) is 46.5 Å². The first-order valence-corrected chi connectivity index (χ1v) is 9.69. The van der Waals surface area contributed by atoms with Crippen molar-refractivity contribution in [3.63, 3.8) is 0 Å². The zero-order chi connectivity index (χ0) is 16.4. The van der Waals surface area contributed by atoms with Gasteiger partial charge in [-0.15, -0.1) is 0 Å². The van der Waals surface area contributed by atoms with Crippen molar-refractivity contribution in [3.05, 3.63) is 35.4 Å². The third kappa shape index (κ3) is 4.61. The summed E-state index contributed by atoms with van der Waals surface area (Å²) in [4.78, 5) is 11.0. The van der Waals surface area contributed by atoms with E-state index in [0.29, 0.717) is 5.56 Å². The molecule has 1 aromatic rings. The minimum atomic E-state index is -2.23. The van der Waals surface area contributed by atoms with Gasteiger partial charge in [0.25, 0.3) is 0 Å². The Morgan fingerprint density at radius 3 is 2.29 bits per heavy atom.